The molecule has 0 amide bonds. The molecule has 2 aromatic heterocycles. The van der Waals surface area contributed by atoms with E-state index in [1.165, 1.54) is 10.8 Å². The van der Waals surface area contributed by atoms with Crippen LogP contribution >= 0.6 is 0 Å². The topological polar surface area (TPSA) is 43.6 Å². The molecule has 0 radical (unpaired) electrons. The number of benzene rings is 7. The number of nitrogens with zero attached hydrogens (tertiary/aromatic N) is 4. The molecule has 0 unspecified atom stereocenters. The van der Waals surface area contributed by atoms with Crippen LogP contribution in [-0.4, -0.2) is 19.5 Å². The molecule has 45 heavy (non-hydrogen) atoms. The summed E-state index contributed by atoms with van der Waals surface area (Å²) in [5.74, 6) is 1.96. The van der Waals surface area contributed by atoms with Gasteiger partial charge < -0.3 is 4.57 Å². The minimum absolute atomic E-state index is 0.650. The number of hydrogen-bond donors (Lipinski definition) is 0. The molecule has 0 aliphatic heterocycles. The lowest BCUT2D eigenvalue weighted by atomic mass is 9.96. The SMILES string of the molecule is c1ccc(-c2nc(-c3cc4ccccc4c4ccccc34)nc(-c3cccc4c3c3ccccc3n4-c3ccccc3)n2)cc1. The Morgan fingerprint density at radius 2 is 0.956 bits per heavy atom. The summed E-state index contributed by atoms with van der Waals surface area (Å²) in [6.45, 7) is 0. The van der Waals surface area contributed by atoms with Gasteiger partial charge in [0.05, 0.1) is 11.0 Å². The van der Waals surface area contributed by atoms with E-state index in [1.54, 1.807) is 0 Å². The smallest absolute Gasteiger partial charge is 0.164 e. The second kappa shape index (κ2) is 10.2. The first-order chi connectivity index (χ1) is 22.3. The highest BCUT2D eigenvalue weighted by Gasteiger charge is 2.20. The number of aromatic nitrogens is 4. The number of fused-ring (bicyclic) bond motifs is 6. The van der Waals surface area contributed by atoms with Crippen LogP contribution in [0.1, 0.15) is 0 Å². The summed E-state index contributed by atoms with van der Waals surface area (Å²) in [6.07, 6.45) is 0. The van der Waals surface area contributed by atoms with Gasteiger partial charge in [-0.25, -0.2) is 15.0 Å². The molecule has 9 rings (SSSR count). The van der Waals surface area contributed by atoms with Gasteiger partial charge in [-0.05, 0) is 51.9 Å². The fourth-order valence-corrected chi connectivity index (χ4v) is 6.63. The quantitative estimate of drug-likeness (QED) is 0.196. The third kappa shape index (κ3) is 4.11. The van der Waals surface area contributed by atoms with Gasteiger partial charge in [0.2, 0.25) is 0 Å². The Balaban J connectivity index is 1.37. The minimum Gasteiger partial charge on any atom is -0.309 e. The summed E-state index contributed by atoms with van der Waals surface area (Å²) in [4.78, 5) is 15.5. The Hall–Kier alpha value is -6.13. The van der Waals surface area contributed by atoms with Gasteiger partial charge in [-0.1, -0.05) is 127 Å². The average Bonchev–Trinajstić information content (AvgIpc) is 3.46. The van der Waals surface area contributed by atoms with E-state index in [0.29, 0.717) is 17.5 Å². The zero-order chi connectivity index (χ0) is 29.7. The van der Waals surface area contributed by atoms with Crippen molar-refractivity contribution in [2.24, 2.45) is 0 Å². The molecule has 0 fully saturated rings. The highest BCUT2D eigenvalue weighted by atomic mass is 15.0. The van der Waals surface area contributed by atoms with Crippen LogP contribution in [-0.2, 0) is 0 Å². The molecule has 0 spiro atoms. The monoisotopic (exact) mass is 574 g/mol. The third-order valence-corrected chi connectivity index (χ3v) is 8.63. The molecule has 0 aliphatic carbocycles. The van der Waals surface area contributed by atoms with Crippen molar-refractivity contribution in [3.63, 3.8) is 0 Å². The van der Waals surface area contributed by atoms with Crippen molar-refractivity contribution in [3.8, 4) is 39.9 Å². The van der Waals surface area contributed by atoms with Crippen molar-refractivity contribution in [3.05, 3.63) is 158 Å². The molecule has 0 saturated heterocycles. The van der Waals surface area contributed by atoms with Crippen LogP contribution < -0.4 is 0 Å². The van der Waals surface area contributed by atoms with E-state index in [9.17, 15) is 0 Å². The van der Waals surface area contributed by atoms with Gasteiger partial charge in [-0.2, -0.15) is 0 Å². The standard InChI is InChI=1S/C41H26N4/c1-3-14-27(15-4-1)39-42-40(44-41(43-39)35-26-28-16-7-8-19-30(28)31-20-9-10-21-32(31)35)34-23-13-25-37-38(34)33-22-11-12-24-36(33)45(37)29-17-5-2-6-18-29/h1-26H. The Bertz CT molecular complexity index is 2530. The first kappa shape index (κ1) is 25.4. The highest BCUT2D eigenvalue weighted by Crippen LogP contribution is 2.39. The summed E-state index contributed by atoms with van der Waals surface area (Å²) in [5, 5.41) is 6.95. The van der Waals surface area contributed by atoms with Crippen molar-refractivity contribution in [2.45, 2.75) is 0 Å². The van der Waals surface area contributed by atoms with E-state index in [4.69, 9.17) is 15.0 Å². The third-order valence-electron chi connectivity index (χ3n) is 8.63. The first-order valence-electron chi connectivity index (χ1n) is 15.1. The Morgan fingerprint density at radius 1 is 0.378 bits per heavy atom. The van der Waals surface area contributed by atoms with Gasteiger partial charge in [0, 0.05) is 33.2 Å². The first-order valence-corrected chi connectivity index (χ1v) is 15.1. The van der Waals surface area contributed by atoms with Gasteiger partial charge in [0.15, 0.2) is 17.5 Å². The van der Waals surface area contributed by atoms with Crippen LogP contribution in [0.5, 0.6) is 0 Å². The van der Waals surface area contributed by atoms with E-state index in [-0.39, 0.29) is 0 Å². The Morgan fingerprint density at radius 3 is 1.76 bits per heavy atom. The van der Waals surface area contributed by atoms with Crippen molar-refractivity contribution < 1.29 is 0 Å². The summed E-state index contributed by atoms with van der Waals surface area (Å²) in [7, 11) is 0. The predicted octanol–water partition coefficient (Wildman–Crippen LogP) is 10.3. The lowest BCUT2D eigenvalue weighted by Gasteiger charge is -2.13. The lowest BCUT2D eigenvalue weighted by molar-refractivity contribution is 1.08. The van der Waals surface area contributed by atoms with Crippen molar-refractivity contribution >= 4 is 43.4 Å². The summed E-state index contributed by atoms with van der Waals surface area (Å²) < 4.78 is 2.32. The molecule has 210 valence electrons. The van der Waals surface area contributed by atoms with E-state index < -0.39 is 0 Å². The van der Waals surface area contributed by atoms with E-state index in [1.807, 2.05) is 18.2 Å². The molecule has 0 aliphatic rings. The molecule has 0 bridgehead atoms. The largest absolute Gasteiger partial charge is 0.309 e. The minimum atomic E-state index is 0.650. The lowest BCUT2D eigenvalue weighted by Crippen LogP contribution is -2.01. The maximum atomic E-state index is 5.26. The molecule has 9 aromatic rings. The Kier molecular flexibility index (Phi) is 5.78. The van der Waals surface area contributed by atoms with Crippen LogP contribution in [0.25, 0.3) is 83.2 Å². The van der Waals surface area contributed by atoms with Crippen LogP contribution in [0.2, 0.25) is 0 Å². The van der Waals surface area contributed by atoms with Crippen LogP contribution in [0, 0.1) is 0 Å². The number of para-hydroxylation sites is 2. The van der Waals surface area contributed by atoms with Crippen molar-refractivity contribution in [2.75, 3.05) is 0 Å². The number of rotatable bonds is 4. The highest BCUT2D eigenvalue weighted by molar-refractivity contribution is 6.16. The van der Waals surface area contributed by atoms with Crippen LogP contribution in [0.15, 0.2) is 158 Å². The zero-order valence-electron chi connectivity index (χ0n) is 24.3. The molecule has 7 aromatic carbocycles. The average molecular weight is 575 g/mol. The fourth-order valence-electron chi connectivity index (χ4n) is 6.63. The van der Waals surface area contributed by atoms with Gasteiger partial charge in [-0.3, -0.25) is 0 Å². The molecular weight excluding hydrogens is 548 g/mol. The molecule has 4 nitrogen and oxygen atoms in total. The molecule has 0 saturated carbocycles. The van der Waals surface area contributed by atoms with Gasteiger partial charge >= 0.3 is 0 Å². The normalized spacial score (nSPS) is 11.6. The Labute approximate surface area is 259 Å². The summed E-state index contributed by atoms with van der Waals surface area (Å²) in [5.41, 5.74) is 6.29. The molecule has 0 atom stereocenters. The van der Waals surface area contributed by atoms with Gasteiger partial charge in [0.25, 0.3) is 0 Å². The van der Waals surface area contributed by atoms with Gasteiger partial charge in [0.1, 0.15) is 0 Å². The maximum Gasteiger partial charge on any atom is 0.164 e. The molecular formula is C41H26N4. The molecule has 0 N–H and O–H groups in total. The van der Waals surface area contributed by atoms with E-state index in [2.05, 4.69) is 144 Å². The summed E-state index contributed by atoms with van der Waals surface area (Å²) >= 11 is 0. The predicted molar refractivity (Wildman–Crippen MR) is 185 cm³/mol. The molecule has 2 heterocycles. The van der Waals surface area contributed by atoms with Crippen LogP contribution in [0.3, 0.4) is 0 Å². The van der Waals surface area contributed by atoms with Crippen LogP contribution in [0.4, 0.5) is 0 Å². The fraction of sp³-hybridized carbons (Fsp3) is 0. The van der Waals surface area contributed by atoms with E-state index >= 15 is 0 Å². The summed E-state index contributed by atoms with van der Waals surface area (Å²) in [6, 6.07) is 54.9. The second-order valence-corrected chi connectivity index (χ2v) is 11.3. The number of hydrogen-bond acceptors (Lipinski definition) is 3. The van der Waals surface area contributed by atoms with Gasteiger partial charge in [-0.15, -0.1) is 0 Å². The maximum absolute atomic E-state index is 5.26. The van der Waals surface area contributed by atoms with E-state index in [0.717, 1.165) is 55.0 Å². The zero-order valence-corrected chi connectivity index (χ0v) is 24.3. The second-order valence-electron chi connectivity index (χ2n) is 11.3. The van der Waals surface area contributed by atoms with Crippen molar-refractivity contribution in [1.29, 1.82) is 0 Å². The van der Waals surface area contributed by atoms with Crippen molar-refractivity contribution in [1.82, 2.24) is 19.5 Å². The molecule has 4 heteroatoms.